The molecule has 0 aliphatic heterocycles. The second-order valence-corrected chi connectivity index (χ2v) is 7.02. The molecule has 138 valence electrons. The molecule has 0 saturated heterocycles. The van der Waals surface area contributed by atoms with Crippen LogP contribution in [0.15, 0.2) is 46.9 Å². The van der Waals surface area contributed by atoms with Gasteiger partial charge >= 0.3 is 5.97 Å². The largest absolute Gasteiger partial charge is 0.479 e. The summed E-state index contributed by atoms with van der Waals surface area (Å²) in [4.78, 5) is 24.5. The van der Waals surface area contributed by atoms with Crippen LogP contribution in [0.2, 0.25) is 0 Å². The van der Waals surface area contributed by atoms with Gasteiger partial charge < -0.3 is 14.8 Å². The molecular weight excluding hydrogens is 398 g/mol. The Morgan fingerprint density at radius 3 is 2.31 bits per heavy atom. The molecule has 0 saturated carbocycles. The highest BCUT2D eigenvalue weighted by Gasteiger charge is 2.23. The van der Waals surface area contributed by atoms with E-state index in [1.54, 1.807) is 19.1 Å². The number of amides is 1. The van der Waals surface area contributed by atoms with Crippen molar-refractivity contribution in [2.45, 2.75) is 39.9 Å². The molecule has 0 fully saturated rings. The molecule has 5 nitrogen and oxygen atoms in total. The third kappa shape index (κ3) is 5.59. The highest BCUT2D eigenvalue weighted by Crippen LogP contribution is 2.19. The van der Waals surface area contributed by atoms with E-state index in [9.17, 15) is 9.59 Å². The van der Waals surface area contributed by atoms with Gasteiger partial charge in [0.1, 0.15) is 5.75 Å². The first-order chi connectivity index (χ1) is 12.3. The predicted octanol–water partition coefficient (Wildman–Crippen LogP) is 4.40. The second-order valence-electron chi connectivity index (χ2n) is 6.10. The summed E-state index contributed by atoms with van der Waals surface area (Å²) in [7, 11) is 0. The Morgan fingerprint density at radius 1 is 1.00 bits per heavy atom. The Bertz CT molecular complexity index is 789. The number of benzene rings is 2. The maximum atomic E-state index is 12.3. The van der Waals surface area contributed by atoms with Gasteiger partial charge in [-0.2, -0.15) is 0 Å². The van der Waals surface area contributed by atoms with E-state index in [2.05, 4.69) is 21.2 Å². The van der Waals surface area contributed by atoms with Gasteiger partial charge in [0, 0.05) is 10.2 Å². The quantitative estimate of drug-likeness (QED) is 0.704. The highest BCUT2D eigenvalue weighted by molar-refractivity contribution is 9.10. The maximum absolute atomic E-state index is 12.3. The van der Waals surface area contributed by atoms with Crippen LogP contribution in [0.5, 0.6) is 5.75 Å². The number of carbonyl (C=O) groups is 2. The van der Waals surface area contributed by atoms with Gasteiger partial charge in [0.25, 0.3) is 5.91 Å². The monoisotopic (exact) mass is 419 g/mol. The number of hydrogen-bond acceptors (Lipinski definition) is 4. The average Bonchev–Trinajstić information content (AvgIpc) is 2.59. The molecule has 1 amide bonds. The summed E-state index contributed by atoms with van der Waals surface area (Å²) in [5.41, 5.74) is 2.68. The van der Waals surface area contributed by atoms with E-state index < -0.39 is 18.2 Å². The first-order valence-electron chi connectivity index (χ1n) is 8.27. The Labute approximate surface area is 161 Å². The third-order valence-corrected chi connectivity index (χ3v) is 4.30. The van der Waals surface area contributed by atoms with Gasteiger partial charge in [-0.3, -0.25) is 4.79 Å². The molecule has 0 aliphatic rings. The van der Waals surface area contributed by atoms with Crippen molar-refractivity contribution in [3.05, 3.63) is 58.1 Å². The number of carbonyl (C=O) groups excluding carboxylic acids is 2. The van der Waals surface area contributed by atoms with Crippen molar-refractivity contribution >= 4 is 33.5 Å². The van der Waals surface area contributed by atoms with Crippen LogP contribution in [0.3, 0.4) is 0 Å². The molecule has 26 heavy (non-hydrogen) atoms. The van der Waals surface area contributed by atoms with Crippen LogP contribution in [-0.2, 0) is 14.3 Å². The normalized spacial score (nSPS) is 12.8. The van der Waals surface area contributed by atoms with Crippen molar-refractivity contribution in [1.29, 1.82) is 0 Å². The molecular formula is C20H22BrNO4. The Hall–Kier alpha value is -2.34. The molecule has 0 unspecified atom stereocenters. The van der Waals surface area contributed by atoms with E-state index in [-0.39, 0.29) is 5.91 Å². The van der Waals surface area contributed by atoms with Gasteiger partial charge in [-0.1, -0.05) is 28.1 Å². The summed E-state index contributed by atoms with van der Waals surface area (Å²) in [5, 5.41) is 2.79. The summed E-state index contributed by atoms with van der Waals surface area (Å²) in [5.74, 6) is -0.440. The summed E-state index contributed by atoms with van der Waals surface area (Å²) in [6.45, 7) is 6.96. The molecule has 0 radical (unpaired) electrons. The molecule has 1 N–H and O–H groups in total. The lowest BCUT2D eigenvalue weighted by molar-refractivity contribution is -0.159. The number of hydrogen-bond donors (Lipinski definition) is 1. The Balaban J connectivity index is 1.91. The molecule has 0 aromatic heterocycles. The van der Waals surface area contributed by atoms with Gasteiger partial charge in [-0.05, 0) is 69.2 Å². The Kier molecular flexibility index (Phi) is 6.80. The zero-order valence-electron chi connectivity index (χ0n) is 15.2. The minimum absolute atomic E-state index is 0.386. The number of halogens is 1. The number of anilines is 1. The van der Waals surface area contributed by atoms with E-state index in [1.165, 1.54) is 6.92 Å². The molecule has 2 aromatic rings. The van der Waals surface area contributed by atoms with Crippen LogP contribution >= 0.6 is 15.9 Å². The van der Waals surface area contributed by atoms with Crippen molar-refractivity contribution in [3.63, 3.8) is 0 Å². The fourth-order valence-electron chi connectivity index (χ4n) is 2.19. The van der Waals surface area contributed by atoms with Gasteiger partial charge in [0.2, 0.25) is 0 Å². The topological polar surface area (TPSA) is 64.6 Å². The van der Waals surface area contributed by atoms with E-state index in [0.717, 1.165) is 15.6 Å². The van der Waals surface area contributed by atoms with Gasteiger partial charge in [0.15, 0.2) is 12.2 Å². The molecule has 0 bridgehead atoms. The molecule has 0 aliphatic carbocycles. The highest BCUT2D eigenvalue weighted by atomic mass is 79.9. The van der Waals surface area contributed by atoms with Crippen LogP contribution in [0.1, 0.15) is 25.0 Å². The van der Waals surface area contributed by atoms with Crippen LogP contribution in [-0.4, -0.2) is 24.1 Å². The smallest absolute Gasteiger partial charge is 0.347 e. The molecule has 6 heteroatoms. The number of nitrogens with one attached hydrogen (secondary N) is 1. The maximum Gasteiger partial charge on any atom is 0.347 e. The van der Waals surface area contributed by atoms with Gasteiger partial charge in [-0.15, -0.1) is 0 Å². The second kappa shape index (κ2) is 8.85. The number of esters is 1. The molecule has 2 rings (SSSR count). The minimum atomic E-state index is -0.932. The van der Waals surface area contributed by atoms with Crippen LogP contribution in [0.25, 0.3) is 0 Å². The molecule has 0 heterocycles. The third-order valence-electron chi connectivity index (χ3n) is 3.77. The van der Waals surface area contributed by atoms with Crippen molar-refractivity contribution in [1.82, 2.24) is 0 Å². The fraction of sp³-hybridized carbons (Fsp3) is 0.300. The standard InChI is InChI=1S/C20H22BrNO4/c1-12-5-6-13(2)18(11-12)22-19(23)14(3)26-20(24)15(4)25-17-9-7-16(21)8-10-17/h5-11,14-15H,1-4H3,(H,22,23)/t14-,15-/m0/s1. The first-order valence-corrected chi connectivity index (χ1v) is 9.06. The first kappa shape index (κ1) is 20.0. The van der Waals surface area contributed by atoms with Crippen molar-refractivity contribution in [2.75, 3.05) is 5.32 Å². The lowest BCUT2D eigenvalue weighted by atomic mass is 10.1. The van der Waals surface area contributed by atoms with Gasteiger partial charge in [0.05, 0.1) is 0 Å². The number of ether oxygens (including phenoxy) is 2. The molecule has 2 aromatic carbocycles. The Morgan fingerprint density at radius 2 is 1.65 bits per heavy atom. The van der Waals surface area contributed by atoms with Crippen LogP contribution < -0.4 is 10.1 Å². The number of aryl methyl sites for hydroxylation is 2. The lowest BCUT2D eigenvalue weighted by Crippen LogP contribution is -2.35. The van der Waals surface area contributed by atoms with E-state index in [4.69, 9.17) is 9.47 Å². The molecule has 2 atom stereocenters. The lowest BCUT2D eigenvalue weighted by Gasteiger charge is -2.18. The van der Waals surface area contributed by atoms with E-state index in [1.807, 2.05) is 44.2 Å². The van der Waals surface area contributed by atoms with Crippen molar-refractivity contribution < 1.29 is 19.1 Å². The van der Waals surface area contributed by atoms with Crippen LogP contribution in [0, 0.1) is 13.8 Å². The van der Waals surface area contributed by atoms with Crippen LogP contribution in [0.4, 0.5) is 5.69 Å². The van der Waals surface area contributed by atoms with E-state index in [0.29, 0.717) is 11.4 Å². The fourth-order valence-corrected chi connectivity index (χ4v) is 2.46. The van der Waals surface area contributed by atoms with Gasteiger partial charge in [-0.25, -0.2) is 4.79 Å². The van der Waals surface area contributed by atoms with E-state index >= 15 is 0 Å². The average molecular weight is 420 g/mol. The minimum Gasteiger partial charge on any atom is -0.479 e. The summed E-state index contributed by atoms with van der Waals surface area (Å²) < 4.78 is 11.7. The number of rotatable bonds is 6. The molecule has 0 spiro atoms. The van der Waals surface area contributed by atoms with Crippen molar-refractivity contribution in [3.8, 4) is 5.75 Å². The summed E-state index contributed by atoms with van der Waals surface area (Å²) in [6, 6.07) is 12.9. The van der Waals surface area contributed by atoms with Crippen molar-refractivity contribution in [2.24, 2.45) is 0 Å². The predicted molar refractivity (Wildman–Crippen MR) is 104 cm³/mol. The zero-order chi connectivity index (χ0) is 19.3. The SMILES string of the molecule is Cc1ccc(C)c(NC(=O)[C@H](C)OC(=O)[C@H](C)Oc2ccc(Br)cc2)c1. The zero-order valence-corrected chi connectivity index (χ0v) is 16.8. The summed E-state index contributed by atoms with van der Waals surface area (Å²) in [6.07, 6.45) is -1.76. The summed E-state index contributed by atoms with van der Waals surface area (Å²) >= 11 is 3.33.